The molecule has 1 heterocycles. The number of ether oxygens (including phenoxy) is 1. The number of nitrogens with zero attached hydrogens (tertiary/aromatic N) is 4. The minimum Gasteiger partial charge on any atom is -0.475 e. The molecular formula is C25H32N4O2. The molecule has 2 aromatic rings. The summed E-state index contributed by atoms with van der Waals surface area (Å²) in [7, 11) is 1.82. The monoisotopic (exact) mass is 420 g/mol. The van der Waals surface area contributed by atoms with Crippen LogP contribution >= 0.6 is 0 Å². The summed E-state index contributed by atoms with van der Waals surface area (Å²) in [5, 5.41) is 6.05. The Morgan fingerprint density at radius 3 is 2.61 bits per heavy atom. The molecule has 0 fully saturated rings. The zero-order chi connectivity index (χ0) is 22.8. The molecule has 0 aliphatic heterocycles. The van der Waals surface area contributed by atoms with Crippen LogP contribution < -0.4 is 9.75 Å². The van der Waals surface area contributed by atoms with Crippen LogP contribution in [0.1, 0.15) is 48.7 Å². The van der Waals surface area contributed by atoms with E-state index in [1.807, 2.05) is 72.0 Å². The van der Waals surface area contributed by atoms with Crippen molar-refractivity contribution in [3.8, 4) is 17.7 Å². The Labute approximate surface area is 185 Å². The molecule has 0 aliphatic carbocycles. The molecule has 164 valence electrons. The highest BCUT2D eigenvalue weighted by molar-refractivity contribution is 6.00. The number of amides is 1. The molecule has 0 bridgehead atoms. The van der Waals surface area contributed by atoms with Crippen LogP contribution in [-0.2, 0) is 0 Å². The Morgan fingerprint density at radius 2 is 1.97 bits per heavy atom. The van der Waals surface area contributed by atoms with Crippen LogP contribution in [0.5, 0.6) is 5.88 Å². The van der Waals surface area contributed by atoms with Gasteiger partial charge in [0.25, 0.3) is 5.91 Å². The first-order valence-corrected chi connectivity index (χ1v) is 10.6. The molecule has 0 unspecified atom stereocenters. The fraction of sp³-hybridized carbons (Fsp3) is 0.400. The van der Waals surface area contributed by atoms with Crippen molar-refractivity contribution in [3.63, 3.8) is 0 Å². The molecule has 6 nitrogen and oxygen atoms in total. The Balaban J connectivity index is 2.20. The maximum Gasteiger partial charge on any atom is 0.256 e. The summed E-state index contributed by atoms with van der Waals surface area (Å²) in [5.74, 6) is 6.33. The van der Waals surface area contributed by atoms with E-state index in [1.54, 1.807) is 22.3 Å². The number of likely N-dealkylation sites (N-methyl/N-ethyl adjacent to an activating group) is 1. The molecule has 0 spiro atoms. The summed E-state index contributed by atoms with van der Waals surface area (Å²) in [4.78, 5) is 19.5. The highest BCUT2D eigenvalue weighted by atomic mass is 16.5. The van der Waals surface area contributed by atoms with E-state index in [-0.39, 0.29) is 11.9 Å². The lowest BCUT2D eigenvalue weighted by atomic mass is 10.1. The van der Waals surface area contributed by atoms with Gasteiger partial charge in [-0.15, -0.1) is 0 Å². The van der Waals surface area contributed by atoms with Crippen molar-refractivity contribution >= 4 is 17.8 Å². The number of carbonyl (C=O) groups excluding carboxylic acids is 1. The van der Waals surface area contributed by atoms with Gasteiger partial charge in [0.1, 0.15) is 6.61 Å². The molecule has 31 heavy (non-hydrogen) atoms. The molecule has 0 saturated heterocycles. The lowest BCUT2D eigenvalue weighted by molar-refractivity contribution is 0.0647. The van der Waals surface area contributed by atoms with E-state index in [0.717, 1.165) is 23.2 Å². The van der Waals surface area contributed by atoms with E-state index >= 15 is 0 Å². The average molecular weight is 421 g/mol. The molecule has 1 amide bonds. The smallest absolute Gasteiger partial charge is 0.256 e. The first kappa shape index (κ1) is 23.9. The number of hydrogen-bond acceptors (Lipinski definition) is 5. The average Bonchev–Trinajstić information content (AvgIpc) is 2.76. The van der Waals surface area contributed by atoms with Gasteiger partial charge in [0, 0.05) is 32.3 Å². The number of hydrogen-bond donors (Lipinski definition) is 0. The van der Waals surface area contributed by atoms with Gasteiger partial charge in [-0.3, -0.25) is 9.80 Å². The summed E-state index contributed by atoms with van der Waals surface area (Å²) < 4.78 is 5.81. The molecule has 1 aromatic carbocycles. The van der Waals surface area contributed by atoms with Crippen molar-refractivity contribution in [1.82, 2.24) is 9.88 Å². The van der Waals surface area contributed by atoms with Crippen LogP contribution in [-0.4, -0.2) is 48.2 Å². The molecule has 1 aromatic heterocycles. The molecule has 0 aliphatic rings. The topological polar surface area (TPSA) is 58.0 Å². The summed E-state index contributed by atoms with van der Waals surface area (Å²) in [5.41, 5.74) is 3.46. The van der Waals surface area contributed by atoms with Crippen molar-refractivity contribution in [1.29, 1.82) is 0 Å². The Morgan fingerprint density at radius 1 is 1.23 bits per heavy atom. The van der Waals surface area contributed by atoms with Gasteiger partial charge < -0.3 is 9.64 Å². The third-order valence-corrected chi connectivity index (χ3v) is 4.80. The predicted molar refractivity (Wildman–Crippen MR) is 127 cm³/mol. The maximum atomic E-state index is 13.4. The van der Waals surface area contributed by atoms with Gasteiger partial charge >= 0.3 is 0 Å². The minimum absolute atomic E-state index is 0.0628. The van der Waals surface area contributed by atoms with Crippen LogP contribution in [0.15, 0.2) is 41.6 Å². The third kappa shape index (κ3) is 6.85. The number of carbonyl (C=O) groups is 1. The number of pyridine rings is 1. The summed E-state index contributed by atoms with van der Waals surface area (Å²) in [6.07, 6.45) is 4.10. The van der Waals surface area contributed by atoms with E-state index in [1.165, 1.54) is 0 Å². The van der Waals surface area contributed by atoms with Gasteiger partial charge in [-0.1, -0.05) is 30.9 Å². The highest BCUT2D eigenvalue weighted by Crippen LogP contribution is 2.24. The largest absolute Gasteiger partial charge is 0.475 e. The number of benzene rings is 1. The van der Waals surface area contributed by atoms with Crippen LogP contribution in [0.25, 0.3) is 0 Å². The van der Waals surface area contributed by atoms with E-state index in [4.69, 9.17) is 4.74 Å². The summed E-state index contributed by atoms with van der Waals surface area (Å²) in [6, 6.07) is 9.43. The van der Waals surface area contributed by atoms with E-state index in [9.17, 15) is 4.79 Å². The predicted octanol–water partition coefficient (Wildman–Crippen LogP) is 4.46. The zero-order valence-electron chi connectivity index (χ0n) is 19.3. The Bertz CT molecular complexity index is 958. The number of rotatable bonds is 8. The van der Waals surface area contributed by atoms with Crippen LogP contribution in [0.3, 0.4) is 0 Å². The molecule has 2 rings (SSSR count). The molecule has 0 saturated carbocycles. The molecule has 0 radical (unpaired) electrons. The van der Waals surface area contributed by atoms with Gasteiger partial charge in [-0.25, -0.2) is 4.98 Å². The van der Waals surface area contributed by atoms with Crippen molar-refractivity contribution in [3.05, 3.63) is 53.2 Å². The number of aromatic nitrogens is 1. The van der Waals surface area contributed by atoms with Crippen LogP contribution in [0, 0.1) is 25.7 Å². The van der Waals surface area contributed by atoms with Crippen molar-refractivity contribution < 1.29 is 9.53 Å². The van der Waals surface area contributed by atoms with Crippen molar-refractivity contribution in [2.75, 3.05) is 25.2 Å². The summed E-state index contributed by atoms with van der Waals surface area (Å²) >= 11 is 0. The van der Waals surface area contributed by atoms with Gasteiger partial charge in [-0.05, 0) is 51.0 Å². The first-order chi connectivity index (χ1) is 14.9. The van der Waals surface area contributed by atoms with Crippen LogP contribution in [0.2, 0.25) is 0 Å². The highest BCUT2D eigenvalue weighted by Gasteiger charge is 2.24. The number of anilines is 1. The molecule has 6 heteroatoms. The lowest BCUT2D eigenvalue weighted by Crippen LogP contribution is -2.42. The Hall–Kier alpha value is -3.33. The molecule has 1 atom stereocenters. The van der Waals surface area contributed by atoms with E-state index in [0.29, 0.717) is 24.6 Å². The molecule has 0 N–H and O–H groups in total. The lowest BCUT2D eigenvalue weighted by Gasteiger charge is -2.29. The van der Waals surface area contributed by atoms with Gasteiger partial charge in [0.05, 0.1) is 23.5 Å². The quantitative estimate of drug-likeness (QED) is 0.359. The Kier molecular flexibility index (Phi) is 9.08. The minimum atomic E-state index is -0.126. The van der Waals surface area contributed by atoms with Gasteiger partial charge in [0.15, 0.2) is 0 Å². The number of hydrazone groups is 1. The zero-order valence-corrected chi connectivity index (χ0v) is 19.3. The fourth-order valence-electron chi connectivity index (χ4n) is 3.06. The summed E-state index contributed by atoms with van der Waals surface area (Å²) in [6.45, 7) is 10.8. The third-order valence-electron chi connectivity index (χ3n) is 4.80. The van der Waals surface area contributed by atoms with Gasteiger partial charge in [-0.2, -0.15) is 5.10 Å². The van der Waals surface area contributed by atoms with Gasteiger partial charge in [0.2, 0.25) is 5.88 Å². The van der Waals surface area contributed by atoms with Crippen molar-refractivity contribution in [2.45, 2.75) is 47.1 Å². The normalized spacial score (nSPS) is 11.5. The standard InChI is InChI=1S/C25H32N4O2/c1-7-9-10-15-27-28(6)23-16-19(3)11-13-22(23)25(30)29(8-2)21(5)18-31-24-14-12-20(4)17-26-24/h11-17,21H,7-8,18H2,1-6H3/b27-15-/t21-/m0/s1. The van der Waals surface area contributed by atoms with E-state index in [2.05, 4.69) is 21.9 Å². The van der Waals surface area contributed by atoms with Crippen molar-refractivity contribution in [2.24, 2.45) is 5.10 Å². The second kappa shape index (κ2) is 11.8. The van der Waals surface area contributed by atoms with E-state index < -0.39 is 0 Å². The fourth-order valence-corrected chi connectivity index (χ4v) is 3.06. The SMILES string of the molecule is CCC#C/C=N\N(C)c1cc(C)ccc1C(=O)N(CC)[C@@H](C)COc1ccc(C)cn1. The second-order valence-electron chi connectivity index (χ2n) is 7.39. The number of aryl methyl sites for hydroxylation is 2. The first-order valence-electron chi connectivity index (χ1n) is 10.6. The molecular weight excluding hydrogens is 388 g/mol. The maximum absolute atomic E-state index is 13.4. The van der Waals surface area contributed by atoms with Crippen LogP contribution in [0.4, 0.5) is 5.69 Å². The second-order valence-corrected chi connectivity index (χ2v) is 7.39.